The topological polar surface area (TPSA) is 56.7 Å². The average molecular weight is 230 g/mol. The SMILES string of the molecule is Cc1nn(-c2ccccn2)c(C)c1C(C)CN. The molecule has 0 saturated carbocycles. The Morgan fingerprint density at radius 1 is 1.35 bits per heavy atom. The maximum atomic E-state index is 5.74. The van der Waals surface area contributed by atoms with Crippen LogP contribution in [0.15, 0.2) is 24.4 Å². The van der Waals surface area contributed by atoms with Crippen LogP contribution in [0.25, 0.3) is 5.82 Å². The van der Waals surface area contributed by atoms with Gasteiger partial charge in [-0.15, -0.1) is 0 Å². The summed E-state index contributed by atoms with van der Waals surface area (Å²) in [6.07, 6.45) is 1.78. The minimum absolute atomic E-state index is 0.326. The molecule has 0 bridgehead atoms. The highest BCUT2D eigenvalue weighted by molar-refractivity contribution is 5.34. The zero-order valence-electron chi connectivity index (χ0n) is 10.5. The number of aryl methyl sites for hydroxylation is 1. The summed E-state index contributed by atoms with van der Waals surface area (Å²) in [5.41, 5.74) is 9.13. The van der Waals surface area contributed by atoms with Gasteiger partial charge in [-0.1, -0.05) is 13.0 Å². The molecular weight excluding hydrogens is 212 g/mol. The van der Waals surface area contributed by atoms with Gasteiger partial charge in [0.25, 0.3) is 0 Å². The highest BCUT2D eigenvalue weighted by atomic mass is 15.3. The predicted molar refractivity (Wildman–Crippen MR) is 68.3 cm³/mol. The first-order valence-corrected chi connectivity index (χ1v) is 5.82. The van der Waals surface area contributed by atoms with Crippen LogP contribution in [0.3, 0.4) is 0 Å². The van der Waals surface area contributed by atoms with Crippen LogP contribution in [0.1, 0.15) is 29.8 Å². The molecule has 2 heterocycles. The van der Waals surface area contributed by atoms with Crippen molar-refractivity contribution in [2.24, 2.45) is 5.73 Å². The van der Waals surface area contributed by atoms with E-state index in [0.717, 1.165) is 17.2 Å². The Kier molecular flexibility index (Phi) is 3.24. The molecule has 0 saturated heterocycles. The van der Waals surface area contributed by atoms with Gasteiger partial charge in [0.1, 0.15) is 0 Å². The van der Waals surface area contributed by atoms with Gasteiger partial charge in [0.15, 0.2) is 5.82 Å². The zero-order valence-corrected chi connectivity index (χ0v) is 10.5. The van der Waals surface area contributed by atoms with Crippen LogP contribution >= 0.6 is 0 Å². The van der Waals surface area contributed by atoms with Gasteiger partial charge in [-0.2, -0.15) is 5.10 Å². The van der Waals surface area contributed by atoms with Crippen LogP contribution < -0.4 is 5.73 Å². The summed E-state index contributed by atoms with van der Waals surface area (Å²) in [5, 5.41) is 4.55. The van der Waals surface area contributed by atoms with E-state index in [1.165, 1.54) is 5.56 Å². The van der Waals surface area contributed by atoms with E-state index in [1.807, 2.05) is 29.8 Å². The highest BCUT2D eigenvalue weighted by Gasteiger charge is 2.17. The average Bonchev–Trinajstić information content (AvgIpc) is 2.65. The second-order valence-corrected chi connectivity index (χ2v) is 4.32. The molecule has 2 aromatic heterocycles. The van der Waals surface area contributed by atoms with E-state index in [9.17, 15) is 0 Å². The fourth-order valence-electron chi connectivity index (χ4n) is 2.19. The van der Waals surface area contributed by atoms with Gasteiger partial charge in [-0.25, -0.2) is 9.67 Å². The molecule has 4 heteroatoms. The van der Waals surface area contributed by atoms with Crippen molar-refractivity contribution in [3.8, 4) is 5.82 Å². The molecule has 0 aliphatic carbocycles. The Labute approximate surface area is 101 Å². The fraction of sp³-hybridized carbons (Fsp3) is 0.385. The third-order valence-corrected chi connectivity index (χ3v) is 3.06. The largest absolute Gasteiger partial charge is 0.330 e. The zero-order chi connectivity index (χ0) is 12.4. The van der Waals surface area contributed by atoms with Gasteiger partial charge in [0.2, 0.25) is 0 Å². The Morgan fingerprint density at radius 2 is 2.12 bits per heavy atom. The Morgan fingerprint density at radius 3 is 2.71 bits per heavy atom. The van der Waals surface area contributed by atoms with Gasteiger partial charge < -0.3 is 5.73 Å². The fourth-order valence-corrected chi connectivity index (χ4v) is 2.19. The van der Waals surface area contributed by atoms with E-state index in [0.29, 0.717) is 12.5 Å². The molecule has 1 unspecified atom stereocenters. The monoisotopic (exact) mass is 230 g/mol. The maximum absolute atomic E-state index is 5.74. The number of aromatic nitrogens is 3. The minimum Gasteiger partial charge on any atom is -0.330 e. The van der Waals surface area contributed by atoms with Crippen molar-refractivity contribution in [2.45, 2.75) is 26.7 Å². The van der Waals surface area contributed by atoms with Crippen LogP contribution in [0.5, 0.6) is 0 Å². The molecule has 2 rings (SSSR count). The molecular formula is C13H18N4. The lowest BCUT2D eigenvalue weighted by atomic mass is 9.99. The first kappa shape index (κ1) is 11.8. The van der Waals surface area contributed by atoms with Crippen LogP contribution in [0.4, 0.5) is 0 Å². The number of nitrogens with zero attached hydrogens (tertiary/aromatic N) is 3. The van der Waals surface area contributed by atoms with E-state index in [4.69, 9.17) is 5.73 Å². The normalized spacial score (nSPS) is 12.7. The minimum atomic E-state index is 0.326. The maximum Gasteiger partial charge on any atom is 0.153 e. The summed E-state index contributed by atoms with van der Waals surface area (Å²) in [6.45, 7) is 6.85. The number of pyridine rings is 1. The summed E-state index contributed by atoms with van der Waals surface area (Å²) in [5.74, 6) is 1.18. The van der Waals surface area contributed by atoms with Crippen molar-refractivity contribution in [3.63, 3.8) is 0 Å². The Bertz CT molecular complexity index is 502. The molecule has 1 atom stereocenters. The molecule has 17 heavy (non-hydrogen) atoms. The molecule has 2 N–H and O–H groups in total. The molecule has 2 aromatic rings. The molecule has 90 valence electrons. The molecule has 0 aliphatic rings. The molecule has 4 nitrogen and oxygen atoms in total. The van der Waals surface area contributed by atoms with Crippen LogP contribution in [-0.4, -0.2) is 21.3 Å². The molecule has 0 fully saturated rings. The molecule has 0 aliphatic heterocycles. The predicted octanol–water partition coefficient (Wildman–Crippen LogP) is 1.95. The van der Waals surface area contributed by atoms with Crippen molar-refractivity contribution in [1.29, 1.82) is 0 Å². The summed E-state index contributed by atoms with van der Waals surface area (Å²) in [4.78, 5) is 4.32. The van der Waals surface area contributed by atoms with Gasteiger partial charge in [-0.05, 0) is 38.4 Å². The summed E-state index contributed by atoms with van der Waals surface area (Å²) >= 11 is 0. The molecule has 0 amide bonds. The van der Waals surface area contributed by atoms with E-state index in [-0.39, 0.29) is 0 Å². The second-order valence-electron chi connectivity index (χ2n) is 4.32. The van der Waals surface area contributed by atoms with Crippen molar-refractivity contribution >= 4 is 0 Å². The smallest absolute Gasteiger partial charge is 0.153 e. The van der Waals surface area contributed by atoms with Gasteiger partial charge in [-0.3, -0.25) is 0 Å². The Hall–Kier alpha value is -1.68. The first-order valence-electron chi connectivity index (χ1n) is 5.82. The molecule has 0 radical (unpaired) electrons. The summed E-state index contributed by atoms with van der Waals surface area (Å²) in [7, 11) is 0. The third kappa shape index (κ3) is 2.08. The van der Waals surface area contributed by atoms with Gasteiger partial charge in [0, 0.05) is 17.5 Å². The number of hydrogen-bond acceptors (Lipinski definition) is 3. The molecule has 0 aromatic carbocycles. The number of hydrogen-bond donors (Lipinski definition) is 1. The third-order valence-electron chi connectivity index (χ3n) is 3.06. The van der Waals surface area contributed by atoms with Crippen LogP contribution in [0, 0.1) is 13.8 Å². The van der Waals surface area contributed by atoms with Crippen molar-refractivity contribution in [2.75, 3.05) is 6.54 Å². The van der Waals surface area contributed by atoms with Gasteiger partial charge >= 0.3 is 0 Å². The lowest BCUT2D eigenvalue weighted by Gasteiger charge is -2.09. The van der Waals surface area contributed by atoms with E-state index in [2.05, 4.69) is 23.9 Å². The first-order chi connectivity index (χ1) is 8.15. The lowest BCUT2D eigenvalue weighted by Crippen LogP contribution is -2.11. The second kappa shape index (κ2) is 4.67. The Balaban J connectivity index is 2.52. The summed E-state index contributed by atoms with van der Waals surface area (Å²) in [6, 6.07) is 5.82. The van der Waals surface area contributed by atoms with Crippen LogP contribution in [-0.2, 0) is 0 Å². The number of rotatable bonds is 3. The van der Waals surface area contributed by atoms with Gasteiger partial charge in [0.05, 0.1) is 5.69 Å². The van der Waals surface area contributed by atoms with E-state index in [1.54, 1.807) is 6.20 Å². The summed E-state index contributed by atoms with van der Waals surface area (Å²) < 4.78 is 1.89. The van der Waals surface area contributed by atoms with Crippen molar-refractivity contribution < 1.29 is 0 Å². The van der Waals surface area contributed by atoms with Crippen molar-refractivity contribution in [1.82, 2.24) is 14.8 Å². The lowest BCUT2D eigenvalue weighted by molar-refractivity contribution is 0.757. The van der Waals surface area contributed by atoms with Crippen molar-refractivity contribution in [3.05, 3.63) is 41.3 Å². The molecule has 0 spiro atoms. The van der Waals surface area contributed by atoms with E-state index < -0.39 is 0 Å². The van der Waals surface area contributed by atoms with E-state index >= 15 is 0 Å². The standard InChI is InChI=1S/C13H18N4/c1-9(8-14)13-10(2)16-17(11(13)3)12-6-4-5-7-15-12/h4-7,9H,8,14H2,1-3H3. The number of nitrogens with two attached hydrogens (primary N) is 1. The highest BCUT2D eigenvalue weighted by Crippen LogP contribution is 2.23. The van der Waals surface area contributed by atoms with Crippen LogP contribution in [0.2, 0.25) is 0 Å². The quantitative estimate of drug-likeness (QED) is 0.876.